The molecule has 158 valence electrons. The summed E-state index contributed by atoms with van der Waals surface area (Å²) in [6, 6.07) is 6.12. The highest BCUT2D eigenvalue weighted by Gasteiger charge is 2.36. The van der Waals surface area contributed by atoms with Gasteiger partial charge in [0.1, 0.15) is 17.5 Å². The fourth-order valence-corrected chi connectivity index (χ4v) is 4.48. The molecule has 0 bridgehead atoms. The molecule has 1 amide bonds. The molecule has 31 heavy (non-hydrogen) atoms. The average Bonchev–Trinajstić information content (AvgIpc) is 3.26. The van der Waals surface area contributed by atoms with Crippen LogP contribution in [0, 0.1) is 17.2 Å². The zero-order chi connectivity index (χ0) is 22.0. The van der Waals surface area contributed by atoms with Crippen LogP contribution in [0.5, 0.6) is 0 Å². The molecule has 0 saturated heterocycles. The van der Waals surface area contributed by atoms with Crippen molar-refractivity contribution in [1.82, 2.24) is 19.4 Å². The van der Waals surface area contributed by atoms with Gasteiger partial charge in [0.15, 0.2) is 5.13 Å². The molecule has 0 unspecified atom stereocenters. The van der Waals surface area contributed by atoms with E-state index < -0.39 is 0 Å². The Morgan fingerprint density at radius 1 is 1.42 bits per heavy atom. The molecule has 0 spiro atoms. The number of aromatic nitrogens is 3. The van der Waals surface area contributed by atoms with Crippen molar-refractivity contribution in [1.29, 1.82) is 5.26 Å². The van der Waals surface area contributed by atoms with Gasteiger partial charge in [-0.3, -0.25) is 14.2 Å². The van der Waals surface area contributed by atoms with E-state index in [0.29, 0.717) is 25.1 Å². The molecule has 1 aliphatic heterocycles. The fraction of sp³-hybridized carbons (Fsp3) is 0.286. The Morgan fingerprint density at radius 2 is 2.19 bits per heavy atom. The molecule has 10 heteroatoms. The van der Waals surface area contributed by atoms with Crippen LogP contribution in [0.25, 0.3) is 16.4 Å². The average molecular weight is 436 g/mol. The van der Waals surface area contributed by atoms with Gasteiger partial charge < -0.3 is 15.7 Å². The predicted octanol–water partition coefficient (Wildman–Crippen LogP) is 2.45. The van der Waals surface area contributed by atoms with Gasteiger partial charge >= 0.3 is 0 Å². The monoisotopic (exact) mass is 436 g/mol. The van der Waals surface area contributed by atoms with Crippen LogP contribution in [-0.2, 0) is 22.6 Å². The second-order valence-corrected chi connectivity index (χ2v) is 8.12. The first-order valence-corrected chi connectivity index (χ1v) is 10.6. The van der Waals surface area contributed by atoms with Crippen LogP contribution in [0.1, 0.15) is 29.7 Å². The molecule has 1 saturated carbocycles. The third-order valence-corrected chi connectivity index (χ3v) is 6.13. The van der Waals surface area contributed by atoms with E-state index in [4.69, 9.17) is 15.6 Å². The molecule has 0 aromatic carbocycles. The van der Waals surface area contributed by atoms with Crippen molar-refractivity contribution in [2.45, 2.75) is 25.8 Å². The molecule has 1 fully saturated rings. The predicted molar refractivity (Wildman–Crippen MR) is 114 cm³/mol. The van der Waals surface area contributed by atoms with E-state index in [1.807, 2.05) is 33.2 Å². The molecule has 2 aliphatic rings. The van der Waals surface area contributed by atoms with E-state index >= 15 is 0 Å². The first kappa shape index (κ1) is 20.6. The maximum Gasteiger partial charge on any atom is 0.290 e. The highest BCUT2D eigenvalue weighted by molar-refractivity contribution is 7.12. The van der Waals surface area contributed by atoms with Gasteiger partial charge in [0.05, 0.1) is 11.4 Å². The van der Waals surface area contributed by atoms with E-state index in [2.05, 4.69) is 16.0 Å². The molecule has 0 atom stereocenters. The Bertz CT molecular complexity index is 1160. The van der Waals surface area contributed by atoms with E-state index in [0.717, 1.165) is 40.5 Å². The van der Waals surface area contributed by atoms with Gasteiger partial charge in [-0.05, 0) is 25.0 Å². The summed E-state index contributed by atoms with van der Waals surface area (Å²) in [6.45, 7) is 0.860. The molecule has 3 aromatic heterocycles. The SMILES string of the molecule is N#Cc1c(N)nc2c(c1-c1cccn1-c1nccs1)CN(C(=O)C1CC1)CC2.O=CO. The van der Waals surface area contributed by atoms with Gasteiger partial charge in [-0.2, -0.15) is 5.26 Å². The van der Waals surface area contributed by atoms with Crippen molar-refractivity contribution < 1.29 is 14.7 Å². The third kappa shape index (κ3) is 3.87. The molecule has 0 radical (unpaired) electrons. The van der Waals surface area contributed by atoms with Gasteiger partial charge in [0.25, 0.3) is 6.47 Å². The molecule has 1 aliphatic carbocycles. The van der Waals surface area contributed by atoms with Crippen molar-refractivity contribution in [3.8, 4) is 22.5 Å². The second-order valence-electron chi connectivity index (χ2n) is 7.25. The third-order valence-electron chi connectivity index (χ3n) is 5.36. The Kier molecular flexibility index (Phi) is 5.68. The number of carboxylic acid groups (broad SMARTS) is 1. The number of nitrogens with two attached hydrogens (primary N) is 1. The van der Waals surface area contributed by atoms with Gasteiger partial charge in [0, 0.05) is 54.3 Å². The number of rotatable bonds is 3. The van der Waals surface area contributed by atoms with Gasteiger partial charge in [0.2, 0.25) is 5.91 Å². The van der Waals surface area contributed by atoms with Gasteiger partial charge in [-0.15, -0.1) is 11.3 Å². The maximum atomic E-state index is 12.6. The first-order valence-electron chi connectivity index (χ1n) is 9.74. The van der Waals surface area contributed by atoms with Crippen LogP contribution in [0.15, 0.2) is 29.9 Å². The summed E-state index contributed by atoms with van der Waals surface area (Å²) in [6.07, 6.45) is 6.28. The molecular weight excluding hydrogens is 416 g/mol. The summed E-state index contributed by atoms with van der Waals surface area (Å²) < 4.78 is 1.96. The number of nitrogens with zero attached hydrogens (tertiary/aromatic N) is 5. The summed E-state index contributed by atoms with van der Waals surface area (Å²) in [5.74, 6) is 0.619. The maximum absolute atomic E-state index is 12.6. The van der Waals surface area contributed by atoms with E-state index in [1.54, 1.807) is 6.20 Å². The Hall–Kier alpha value is -3.71. The minimum absolute atomic E-state index is 0.168. The summed E-state index contributed by atoms with van der Waals surface area (Å²) >= 11 is 1.52. The molecule has 3 aromatic rings. The number of amides is 1. The Morgan fingerprint density at radius 3 is 2.84 bits per heavy atom. The molecular formula is C21H20N6O3S. The van der Waals surface area contributed by atoms with E-state index in [1.165, 1.54) is 11.3 Å². The number of nitriles is 1. The Labute approximate surface area is 182 Å². The molecule has 5 rings (SSSR count). The van der Waals surface area contributed by atoms with Crippen LogP contribution in [-0.4, -0.2) is 43.5 Å². The van der Waals surface area contributed by atoms with Crippen LogP contribution in [0.4, 0.5) is 5.82 Å². The lowest BCUT2D eigenvalue weighted by molar-refractivity contribution is -0.133. The highest BCUT2D eigenvalue weighted by atomic mass is 32.1. The van der Waals surface area contributed by atoms with Crippen molar-refractivity contribution in [2.24, 2.45) is 5.92 Å². The quantitative estimate of drug-likeness (QED) is 0.601. The Balaban J connectivity index is 0.000000730. The summed E-state index contributed by atoms with van der Waals surface area (Å²) in [5.41, 5.74) is 9.90. The number of fused-ring (bicyclic) bond motifs is 1. The lowest BCUT2D eigenvalue weighted by Gasteiger charge is -2.30. The molecule has 4 heterocycles. The fourth-order valence-electron chi connectivity index (χ4n) is 3.84. The van der Waals surface area contributed by atoms with Crippen molar-refractivity contribution in [3.05, 3.63) is 46.7 Å². The number of anilines is 1. The zero-order valence-corrected chi connectivity index (χ0v) is 17.4. The molecule has 9 nitrogen and oxygen atoms in total. The lowest BCUT2D eigenvalue weighted by atomic mass is 9.93. The summed E-state index contributed by atoms with van der Waals surface area (Å²) in [7, 11) is 0. The van der Waals surface area contributed by atoms with E-state index in [-0.39, 0.29) is 24.1 Å². The second kappa shape index (κ2) is 8.57. The van der Waals surface area contributed by atoms with Crippen LogP contribution in [0.3, 0.4) is 0 Å². The molecule has 3 N–H and O–H groups in total. The normalized spacial score (nSPS) is 14.7. The van der Waals surface area contributed by atoms with Crippen molar-refractivity contribution in [2.75, 3.05) is 12.3 Å². The number of pyridine rings is 1. The number of hydrogen-bond acceptors (Lipinski definition) is 7. The van der Waals surface area contributed by atoms with Crippen LogP contribution >= 0.6 is 11.3 Å². The number of hydrogen-bond donors (Lipinski definition) is 2. The van der Waals surface area contributed by atoms with Gasteiger partial charge in [-0.1, -0.05) is 0 Å². The zero-order valence-electron chi connectivity index (χ0n) is 16.6. The van der Waals surface area contributed by atoms with Crippen molar-refractivity contribution >= 4 is 29.5 Å². The topological polar surface area (TPSA) is 138 Å². The van der Waals surface area contributed by atoms with Gasteiger partial charge in [-0.25, -0.2) is 9.97 Å². The summed E-state index contributed by atoms with van der Waals surface area (Å²) in [5, 5.41) is 19.4. The van der Waals surface area contributed by atoms with Crippen molar-refractivity contribution in [3.63, 3.8) is 0 Å². The van der Waals surface area contributed by atoms with Crippen LogP contribution in [0.2, 0.25) is 0 Å². The number of carbonyl (C=O) groups is 2. The number of nitrogen functional groups attached to an aromatic ring is 1. The number of thiazole rings is 1. The minimum atomic E-state index is -0.250. The summed E-state index contributed by atoms with van der Waals surface area (Å²) in [4.78, 5) is 31.8. The highest BCUT2D eigenvalue weighted by Crippen LogP contribution is 2.38. The minimum Gasteiger partial charge on any atom is -0.483 e. The van der Waals surface area contributed by atoms with E-state index in [9.17, 15) is 10.1 Å². The lowest BCUT2D eigenvalue weighted by Crippen LogP contribution is -2.37. The van der Waals surface area contributed by atoms with Crippen LogP contribution < -0.4 is 5.73 Å². The first-order chi connectivity index (χ1) is 15.1. The largest absolute Gasteiger partial charge is 0.483 e. The standard InChI is InChI=1S/C20H18N6OS.CH2O2/c21-10-13-17(16-2-1-7-26(16)20-23-6-9-28-20)14-11-25(19(27)12-3-4-12)8-5-15(14)24-18(13)22;2-1-3/h1-2,6-7,9,12H,3-5,8,11H2,(H2,22,24);1H,(H,2,3). The number of carbonyl (C=O) groups excluding carboxylic acids is 1. The smallest absolute Gasteiger partial charge is 0.290 e.